The molecule has 0 aliphatic rings. The quantitative estimate of drug-likeness (QED) is 0.892. The molecule has 2 aromatic heterocycles. The van der Waals surface area contributed by atoms with Crippen LogP contribution in [0.4, 0.5) is 11.5 Å². The van der Waals surface area contributed by atoms with Gasteiger partial charge in [0.15, 0.2) is 0 Å². The lowest BCUT2D eigenvalue weighted by Gasteiger charge is -2.09. The summed E-state index contributed by atoms with van der Waals surface area (Å²) in [5.41, 5.74) is 7.88. The van der Waals surface area contributed by atoms with E-state index >= 15 is 0 Å². The topological polar surface area (TPSA) is 68.0 Å². The van der Waals surface area contributed by atoms with Crippen LogP contribution >= 0.6 is 11.3 Å². The molecule has 0 unspecified atom stereocenters. The maximum atomic E-state index is 12.0. The maximum Gasteiger partial charge on any atom is 0.255 e. The standard InChI is InChI=1S/C13H15N3OS/c1-8(2)11-5-9(6-12(14)16-11)13(17)15-10-3-4-18-7-10/h3-8H,1-2H3,(H2,14,16)(H,15,17). The Bertz CT molecular complexity index is 549. The van der Waals surface area contributed by atoms with E-state index in [1.165, 1.54) is 11.3 Å². The fraction of sp³-hybridized carbons (Fsp3) is 0.231. The Morgan fingerprint density at radius 1 is 1.44 bits per heavy atom. The first-order chi connectivity index (χ1) is 8.56. The zero-order chi connectivity index (χ0) is 13.1. The summed E-state index contributed by atoms with van der Waals surface area (Å²) in [5, 5.41) is 6.61. The van der Waals surface area contributed by atoms with Crippen LogP contribution in [0, 0.1) is 0 Å². The first kappa shape index (κ1) is 12.6. The van der Waals surface area contributed by atoms with Gasteiger partial charge in [0.05, 0.1) is 5.69 Å². The van der Waals surface area contributed by atoms with Crippen LogP contribution in [0.15, 0.2) is 29.0 Å². The molecule has 1 amide bonds. The zero-order valence-electron chi connectivity index (χ0n) is 10.3. The van der Waals surface area contributed by atoms with E-state index in [1.54, 1.807) is 12.1 Å². The number of nitrogens with one attached hydrogen (secondary N) is 1. The summed E-state index contributed by atoms with van der Waals surface area (Å²) in [5.74, 6) is 0.447. The van der Waals surface area contributed by atoms with Gasteiger partial charge in [-0.25, -0.2) is 4.98 Å². The second kappa shape index (κ2) is 5.18. The number of hydrogen-bond acceptors (Lipinski definition) is 4. The molecule has 2 aromatic rings. The monoisotopic (exact) mass is 261 g/mol. The molecule has 94 valence electrons. The SMILES string of the molecule is CC(C)c1cc(C(=O)Nc2ccsc2)cc(N)n1. The molecule has 2 heterocycles. The molecule has 0 spiro atoms. The van der Waals surface area contributed by atoms with Crippen LogP contribution in [-0.4, -0.2) is 10.9 Å². The average molecular weight is 261 g/mol. The molecule has 0 radical (unpaired) electrons. The van der Waals surface area contributed by atoms with Gasteiger partial charge in [-0.3, -0.25) is 4.79 Å². The molecule has 0 atom stereocenters. The molecular weight excluding hydrogens is 246 g/mol. The molecule has 0 bridgehead atoms. The minimum absolute atomic E-state index is 0.163. The van der Waals surface area contributed by atoms with Crippen LogP contribution in [0.1, 0.15) is 35.8 Å². The van der Waals surface area contributed by atoms with E-state index in [-0.39, 0.29) is 11.8 Å². The third-order valence-corrected chi connectivity index (χ3v) is 3.18. The van der Waals surface area contributed by atoms with E-state index in [0.29, 0.717) is 11.4 Å². The molecule has 0 aliphatic carbocycles. The predicted octanol–water partition coefficient (Wildman–Crippen LogP) is 3.10. The number of carbonyl (C=O) groups is 1. The fourth-order valence-electron chi connectivity index (χ4n) is 1.54. The van der Waals surface area contributed by atoms with E-state index in [2.05, 4.69) is 10.3 Å². The van der Waals surface area contributed by atoms with Gasteiger partial charge in [0.2, 0.25) is 0 Å². The first-order valence-corrected chi connectivity index (χ1v) is 6.61. The number of anilines is 2. The van der Waals surface area contributed by atoms with E-state index in [0.717, 1.165) is 11.4 Å². The van der Waals surface area contributed by atoms with Gasteiger partial charge in [-0.05, 0) is 29.5 Å². The molecule has 5 heteroatoms. The molecule has 18 heavy (non-hydrogen) atoms. The van der Waals surface area contributed by atoms with Crippen molar-refractivity contribution in [1.82, 2.24) is 4.98 Å². The summed E-state index contributed by atoms with van der Waals surface area (Å²) >= 11 is 1.54. The number of nitrogen functional groups attached to an aromatic ring is 1. The summed E-state index contributed by atoms with van der Waals surface area (Å²) in [4.78, 5) is 16.3. The van der Waals surface area contributed by atoms with Crippen molar-refractivity contribution in [3.8, 4) is 0 Å². The molecule has 0 aromatic carbocycles. The lowest BCUT2D eigenvalue weighted by atomic mass is 10.1. The van der Waals surface area contributed by atoms with Crippen LogP contribution < -0.4 is 11.1 Å². The highest BCUT2D eigenvalue weighted by molar-refractivity contribution is 7.08. The number of carbonyl (C=O) groups excluding carboxylic acids is 1. The highest BCUT2D eigenvalue weighted by Gasteiger charge is 2.11. The van der Waals surface area contributed by atoms with Gasteiger partial charge in [0.1, 0.15) is 5.82 Å². The summed E-state index contributed by atoms with van der Waals surface area (Å²) in [6.07, 6.45) is 0. The smallest absolute Gasteiger partial charge is 0.255 e. The zero-order valence-corrected chi connectivity index (χ0v) is 11.1. The Balaban J connectivity index is 2.24. The fourth-order valence-corrected chi connectivity index (χ4v) is 2.13. The Hall–Kier alpha value is -1.88. The van der Waals surface area contributed by atoms with Gasteiger partial charge in [-0.2, -0.15) is 11.3 Å². The van der Waals surface area contributed by atoms with Gasteiger partial charge in [0, 0.05) is 16.6 Å². The lowest BCUT2D eigenvalue weighted by Crippen LogP contribution is -2.13. The van der Waals surface area contributed by atoms with Crippen molar-refractivity contribution in [2.75, 3.05) is 11.1 Å². The number of rotatable bonds is 3. The summed E-state index contributed by atoms with van der Waals surface area (Å²) in [6, 6.07) is 5.23. The van der Waals surface area contributed by atoms with Gasteiger partial charge in [-0.15, -0.1) is 0 Å². The van der Waals surface area contributed by atoms with Gasteiger partial charge in [-0.1, -0.05) is 13.8 Å². The van der Waals surface area contributed by atoms with Crippen molar-refractivity contribution in [2.24, 2.45) is 0 Å². The number of nitrogens with two attached hydrogens (primary N) is 1. The van der Waals surface area contributed by atoms with Crippen LogP contribution in [0.2, 0.25) is 0 Å². The van der Waals surface area contributed by atoms with Crippen LogP contribution in [0.25, 0.3) is 0 Å². The van der Waals surface area contributed by atoms with E-state index in [9.17, 15) is 4.79 Å². The molecule has 4 nitrogen and oxygen atoms in total. The third-order valence-electron chi connectivity index (χ3n) is 2.50. The van der Waals surface area contributed by atoms with Crippen molar-refractivity contribution in [3.05, 3.63) is 40.2 Å². The Kier molecular flexibility index (Phi) is 3.62. The average Bonchev–Trinajstić information content (AvgIpc) is 2.80. The third kappa shape index (κ3) is 2.87. The van der Waals surface area contributed by atoms with E-state index in [1.807, 2.05) is 30.7 Å². The van der Waals surface area contributed by atoms with E-state index in [4.69, 9.17) is 5.73 Å². The van der Waals surface area contributed by atoms with E-state index < -0.39 is 0 Å². The highest BCUT2D eigenvalue weighted by atomic mass is 32.1. The lowest BCUT2D eigenvalue weighted by molar-refractivity contribution is 0.102. The first-order valence-electron chi connectivity index (χ1n) is 5.67. The summed E-state index contributed by atoms with van der Waals surface area (Å²) in [7, 11) is 0. The maximum absolute atomic E-state index is 12.0. The van der Waals surface area contributed by atoms with Crippen LogP contribution in [0.3, 0.4) is 0 Å². The number of aromatic nitrogens is 1. The van der Waals surface area contributed by atoms with Crippen molar-refractivity contribution in [2.45, 2.75) is 19.8 Å². The number of hydrogen-bond donors (Lipinski definition) is 2. The minimum atomic E-state index is -0.163. The molecule has 0 aliphatic heterocycles. The minimum Gasteiger partial charge on any atom is -0.384 e. The van der Waals surface area contributed by atoms with Gasteiger partial charge >= 0.3 is 0 Å². The second-order valence-electron chi connectivity index (χ2n) is 4.33. The largest absolute Gasteiger partial charge is 0.384 e. The highest BCUT2D eigenvalue weighted by Crippen LogP contribution is 2.18. The Labute approximate surface area is 110 Å². The summed E-state index contributed by atoms with van der Waals surface area (Å²) in [6.45, 7) is 4.03. The van der Waals surface area contributed by atoms with Gasteiger partial charge in [0.25, 0.3) is 5.91 Å². The number of thiophene rings is 1. The molecular formula is C13H15N3OS. The summed E-state index contributed by atoms with van der Waals surface area (Å²) < 4.78 is 0. The number of amides is 1. The number of nitrogens with zero attached hydrogens (tertiary/aromatic N) is 1. The Morgan fingerprint density at radius 3 is 2.83 bits per heavy atom. The van der Waals surface area contributed by atoms with Crippen molar-refractivity contribution in [1.29, 1.82) is 0 Å². The van der Waals surface area contributed by atoms with Crippen LogP contribution in [-0.2, 0) is 0 Å². The molecule has 2 rings (SSSR count). The van der Waals surface area contributed by atoms with Crippen molar-refractivity contribution >= 4 is 28.7 Å². The molecule has 3 N–H and O–H groups in total. The van der Waals surface area contributed by atoms with Gasteiger partial charge < -0.3 is 11.1 Å². The molecule has 0 fully saturated rings. The molecule has 0 saturated heterocycles. The normalized spacial score (nSPS) is 10.6. The van der Waals surface area contributed by atoms with Crippen molar-refractivity contribution < 1.29 is 4.79 Å². The second-order valence-corrected chi connectivity index (χ2v) is 5.11. The predicted molar refractivity (Wildman–Crippen MR) is 75.0 cm³/mol. The Morgan fingerprint density at radius 2 is 2.22 bits per heavy atom. The van der Waals surface area contributed by atoms with Crippen molar-refractivity contribution in [3.63, 3.8) is 0 Å². The van der Waals surface area contributed by atoms with Crippen LogP contribution in [0.5, 0.6) is 0 Å². The molecule has 0 saturated carbocycles. The number of pyridine rings is 1.